The van der Waals surface area contributed by atoms with Crippen LogP contribution in [-0.2, 0) is 0 Å². The van der Waals surface area contributed by atoms with Gasteiger partial charge in [-0.1, -0.05) is 70.2 Å². The zero-order valence-electron chi connectivity index (χ0n) is 12.7. The van der Waals surface area contributed by atoms with Crippen LogP contribution in [0, 0.1) is 5.41 Å². The molecule has 19 heavy (non-hydrogen) atoms. The summed E-state index contributed by atoms with van der Waals surface area (Å²) >= 11 is 0. The van der Waals surface area contributed by atoms with E-state index >= 15 is 0 Å². The number of fused-ring (bicyclic) bond motifs is 1. The van der Waals surface area contributed by atoms with E-state index in [1.165, 1.54) is 16.3 Å². The van der Waals surface area contributed by atoms with Gasteiger partial charge in [-0.05, 0) is 34.6 Å². The van der Waals surface area contributed by atoms with E-state index in [1.807, 2.05) is 0 Å². The summed E-state index contributed by atoms with van der Waals surface area (Å²) in [6, 6.07) is 15.2. The molecule has 2 unspecified atom stereocenters. The first-order chi connectivity index (χ1) is 8.73. The van der Waals surface area contributed by atoms with Gasteiger partial charge in [-0.15, -0.1) is 0 Å². The summed E-state index contributed by atoms with van der Waals surface area (Å²) in [5.74, 6) is 0.317. The Morgan fingerprint density at radius 3 is 2.05 bits per heavy atom. The summed E-state index contributed by atoms with van der Waals surface area (Å²) in [5, 5.41) is 2.57. The van der Waals surface area contributed by atoms with Gasteiger partial charge >= 0.3 is 0 Å². The van der Waals surface area contributed by atoms with Gasteiger partial charge in [-0.3, -0.25) is 0 Å². The number of benzene rings is 2. The van der Waals surface area contributed by atoms with Gasteiger partial charge < -0.3 is 5.73 Å². The molecule has 0 aliphatic heterocycles. The Bertz CT molecular complexity index is 576. The SMILES string of the molecule is CC(c1ccc2ccccc2c1)C(C)(N)C(C)(C)C. The average Bonchev–Trinajstić information content (AvgIpc) is 2.36. The zero-order valence-corrected chi connectivity index (χ0v) is 12.7. The maximum atomic E-state index is 6.61. The number of rotatable bonds is 2. The third kappa shape index (κ3) is 2.52. The fourth-order valence-electron chi connectivity index (χ4n) is 2.47. The van der Waals surface area contributed by atoms with Gasteiger partial charge in [0.2, 0.25) is 0 Å². The van der Waals surface area contributed by atoms with Gasteiger partial charge in [0.25, 0.3) is 0 Å². The molecule has 2 N–H and O–H groups in total. The van der Waals surface area contributed by atoms with Gasteiger partial charge in [0.1, 0.15) is 0 Å². The molecule has 2 aromatic rings. The lowest BCUT2D eigenvalue weighted by atomic mass is 9.66. The smallest absolute Gasteiger partial charge is 0.0241 e. The second-order valence-electron chi connectivity index (χ2n) is 6.86. The van der Waals surface area contributed by atoms with Crippen molar-refractivity contribution in [2.24, 2.45) is 11.1 Å². The Balaban J connectivity index is 2.44. The van der Waals surface area contributed by atoms with Gasteiger partial charge in [0.05, 0.1) is 0 Å². The molecule has 2 atom stereocenters. The highest BCUT2D eigenvalue weighted by molar-refractivity contribution is 5.83. The van der Waals surface area contributed by atoms with E-state index in [0.717, 1.165) is 0 Å². The van der Waals surface area contributed by atoms with Gasteiger partial charge in [0.15, 0.2) is 0 Å². The summed E-state index contributed by atoms with van der Waals surface area (Å²) in [4.78, 5) is 0. The first-order valence-electron chi connectivity index (χ1n) is 7.01. The lowest BCUT2D eigenvalue weighted by Gasteiger charge is -2.43. The van der Waals surface area contributed by atoms with E-state index in [9.17, 15) is 0 Å². The standard InChI is InChI=1S/C18H25N/c1-13(18(5,19)17(2,3)4)15-11-10-14-8-6-7-9-16(14)12-15/h6-13H,19H2,1-5H3. The minimum absolute atomic E-state index is 0.0675. The molecule has 2 aromatic carbocycles. The number of nitrogens with two attached hydrogens (primary N) is 1. The monoisotopic (exact) mass is 255 g/mol. The Morgan fingerprint density at radius 2 is 1.47 bits per heavy atom. The molecule has 0 saturated heterocycles. The molecule has 0 bridgehead atoms. The van der Waals surface area contributed by atoms with Crippen LogP contribution in [0.15, 0.2) is 42.5 Å². The largest absolute Gasteiger partial charge is 0.324 e. The maximum absolute atomic E-state index is 6.61. The highest BCUT2D eigenvalue weighted by Crippen LogP contribution is 2.39. The zero-order chi connectivity index (χ0) is 14.3. The predicted molar refractivity (Wildman–Crippen MR) is 84.4 cm³/mol. The Labute approximate surface area is 116 Å². The summed E-state index contributed by atoms with van der Waals surface area (Å²) < 4.78 is 0. The predicted octanol–water partition coefficient (Wildman–Crippen LogP) is 4.71. The molecule has 0 saturated carbocycles. The van der Waals surface area contributed by atoms with E-state index in [1.54, 1.807) is 0 Å². The van der Waals surface area contributed by atoms with Gasteiger partial charge in [0, 0.05) is 5.54 Å². The lowest BCUT2D eigenvalue weighted by Crippen LogP contribution is -2.52. The molecule has 0 aliphatic carbocycles. The average molecular weight is 255 g/mol. The molecule has 0 fully saturated rings. The quantitative estimate of drug-likeness (QED) is 0.826. The summed E-state index contributed by atoms with van der Waals surface area (Å²) in [6.07, 6.45) is 0. The van der Waals surface area contributed by atoms with Crippen LogP contribution in [0.25, 0.3) is 10.8 Å². The lowest BCUT2D eigenvalue weighted by molar-refractivity contribution is 0.177. The summed E-state index contributed by atoms with van der Waals surface area (Å²) in [6.45, 7) is 11.0. The van der Waals surface area contributed by atoms with E-state index < -0.39 is 0 Å². The second-order valence-corrected chi connectivity index (χ2v) is 6.86. The van der Waals surface area contributed by atoms with E-state index in [2.05, 4.69) is 77.1 Å². The van der Waals surface area contributed by atoms with Crippen LogP contribution in [0.1, 0.15) is 46.1 Å². The van der Waals surface area contributed by atoms with Crippen LogP contribution in [-0.4, -0.2) is 5.54 Å². The molecule has 2 rings (SSSR count). The molecule has 0 heterocycles. The van der Waals surface area contributed by atoms with Crippen molar-refractivity contribution in [3.63, 3.8) is 0 Å². The Kier molecular flexibility index (Phi) is 3.44. The van der Waals surface area contributed by atoms with Crippen molar-refractivity contribution >= 4 is 10.8 Å². The molecule has 0 spiro atoms. The molecular weight excluding hydrogens is 230 g/mol. The molecule has 1 nitrogen and oxygen atoms in total. The molecule has 0 amide bonds. The van der Waals surface area contributed by atoms with Crippen LogP contribution in [0.3, 0.4) is 0 Å². The van der Waals surface area contributed by atoms with Crippen LogP contribution in [0.4, 0.5) is 0 Å². The second kappa shape index (κ2) is 4.64. The fraction of sp³-hybridized carbons (Fsp3) is 0.444. The molecule has 0 aliphatic rings. The first kappa shape index (κ1) is 14.1. The summed E-state index contributed by atoms with van der Waals surface area (Å²) in [7, 11) is 0. The van der Waals surface area contributed by atoms with Crippen molar-refractivity contribution in [1.82, 2.24) is 0 Å². The van der Waals surface area contributed by atoms with Crippen LogP contribution < -0.4 is 5.73 Å². The molecular formula is C18H25N. The fourth-order valence-corrected chi connectivity index (χ4v) is 2.47. The van der Waals surface area contributed by atoms with E-state index in [-0.39, 0.29) is 11.0 Å². The van der Waals surface area contributed by atoms with Crippen molar-refractivity contribution < 1.29 is 0 Å². The van der Waals surface area contributed by atoms with Gasteiger partial charge in [-0.2, -0.15) is 0 Å². The third-order valence-electron chi connectivity index (χ3n) is 4.79. The minimum Gasteiger partial charge on any atom is -0.324 e. The third-order valence-corrected chi connectivity index (χ3v) is 4.79. The van der Waals surface area contributed by atoms with Crippen LogP contribution >= 0.6 is 0 Å². The number of hydrogen-bond acceptors (Lipinski definition) is 1. The first-order valence-corrected chi connectivity index (χ1v) is 7.01. The Hall–Kier alpha value is -1.34. The van der Waals surface area contributed by atoms with E-state index in [4.69, 9.17) is 5.73 Å². The Morgan fingerprint density at radius 1 is 0.895 bits per heavy atom. The molecule has 102 valence electrons. The highest BCUT2D eigenvalue weighted by atomic mass is 14.8. The van der Waals surface area contributed by atoms with Crippen molar-refractivity contribution in [1.29, 1.82) is 0 Å². The van der Waals surface area contributed by atoms with E-state index in [0.29, 0.717) is 5.92 Å². The highest BCUT2D eigenvalue weighted by Gasteiger charge is 2.39. The van der Waals surface area contributed by atoms with Gasteiger partial charge in [-0.25, -0.2) is 0 Å². The normalized spacial score (nSPS) is 17.2. The van der Waals surface area contributed by atoms with Crippen molar-refractivity contribution in [2.75, 3.05) is 0 Å². The summed E-state index contributed by atoms with van der Waals surface area (Å²) in [5.41, 5.74) is 7.76. The molecule has 1 heteroatoms. The van der Waals surface area contributed by atoms with Crippen LogP contribution in [0.5, 0.6) is 0 Å². The van der Waals surface area contributed by atoms with Crippen molar-refractivity contribution in [3.05, 3.63) is 48.0 Å². The van der Waals surface area contributed by atoms with Crippen molar-refractivity contribution in [2.45, 2.75) is 46.1 Å². The number of hydrogen-bond donors (Lipinski definition) is 1. The van der Waals surface area contributed by atoms with Crippen LogP contribution in [0.2, 0.25) is 0 Å². The molecule has 0 aromatic heterocycles. The van der Waals surface area contributed by atoms with Crippen molar-refractivity contribution in [3.8, 4) is 0 Å². The topological polar surface area (TPSA) is 26.0 Å². The maximum Gasteiger partial charge on any atom is 0.0241 e. The molecule has 0 radical (unpaired) electrons. The minimum atomic E-state index is -0.241.